The number of nitrogens with zero attached hydrogens (tertiary/aromatic N) is 2. The van der Waals surface area contributed by atoms with Gasteiger partial charge in [0.05, 0.1) is 10.6 Å². The van der Waals surface area contributed by atoms with Crippen LogP contribution in [0.15, 0.2) is 48.5 Å². The zero-order valence-corrected chi connectivity index (χ0v) is 17.3. The Labute approximate surface area is 178 Å². The van der Waals surface area contributed by atoms with Crippen LogP contribution in [0.4, 0.5) is 14.9 Å². The van der Waals surface area contributed by atoms with Crippen LogP contribution < -0.4 is 5.32 Å². The van der Waals surface area contributed by atoms with Crippen LogP contribution in [0.25, 0.3) is 0 Å². The summed E-state index contributed by atoms with van der Waals surface area (Å²) >= 11 is 7.72. The maximum Gasteiger partial charge on any atom is 0.321 e. The third-order valence-electron chi connectivity index (χ3n) is 5.46. The number of benzene rings is 2. The Bertz CT molecular complexity index is 916. The third kappa shape index (κ3) is 4.07. The molecule has 2 aromatic carbocycles. The van der Waals surface area contributed by atoms with Gasteiger partial charge >= 0.3 is 6.03 Å². The fraction of sp³-hybridized carbons (Fsp3) is 0.333. The number of para-hydroxylation sites is 1. The Morgan fingerprint density at radius 2 is 1.72 bits per heavy atom. The first-order chi connectivity index (χ1) is 14.0. The van der Waals surface area contributed by atoms with E-state index in [-0.39, 0.29) is 22.5 Å². The van der Waals surface area contributed by atoms with Gasteiger partial charge in [-0.15, -0.1) is 11.8 Å². The fourth-order valence-corrected chi connectivity index (χ4v) is 5.45. The van der Waals surface area contributed by atoms with Crippen molar-refractivity contribution in [3.63, 3.8) is 0 Å². The average Bonchev–Trinajstić information content (AvgIpc) is 3.13. The summed E-state index contributed by atoms with van der Waals surface area (Å²) in [6.07, 6.45) is 1.36. The molecule has 0 bridgehead atoms. The number of halogens is 2. The van der Waals surface area contributed by atoms with Gasteiger partial charge in [0, 0.05) is 36.0 Å². The second kappa shape index (κ2) is 8.24. The Morgan fingerprint density at radius 1 is 1.03 bits per heavy atom. The molecule has 29 heavy (non-hydrogen) atoms. The van der Waals surface area contributed by atoms with Crippen molar-refractivity contribution in [1.82, 2.24) is 9.80 Å². The lowest BCUT2D eigenvalue weighted by Gasteiger charge is -2.44. The maximum atomic E-state index is 13.8. The number of likely N-dealkylation sites (tertiary alicyclic amines) is 1. The van der Waals surface area contributed by atoms with Crippen molar-refractivity contribution in [3.05, 3.63) is 64.9 Å². The standard InChI is InChI=1S/C21H21ClFN3O2S/c22-16-7-5-15(6-8-16)19(27)26-13-14-29-21(26)9-11-25(12-10-21)20(28)24-18-4-2-1-3-17(18)23/h1-8H,9-14H2,(H,24,28). The quantitative estimate of drug-likeness (QED) is 0.747. The highest BCUT2D eigenvalue weighted by molar-refractivity contribution is 8.00. The van der Waals surface area contributed by atoms with Crippen molar-refractivity contribution < 1.29 is 14.0 Å². The van der Waals surface area contributed by atoms with Gasteiger partial charge in [0.1, 0.15) is 5.82 Å². The zero-order chi connectivity index (χ0) is 20.4. The van der Waals surface area contributed by atoms with Gasteiger partial charge in [-0.25, -0.2) is 9.18 Å². The van der Waals surface area contributed by atoms with Crippen LogP contribution in [0, 0.1) is 5.82 Å². The minimum Gasteiger partial charge on any atom is -0.324 e. The molecule has 2 aromatic rings. The van der Waals surface area contributed by atoms with E-state index in [1.54, 1.807) is 53.1 Å². The fourth-order valence-electron chi connectivity index (χ4n) is 3.87. The van der Waals surface area contributed by atoms with Gasteiger partial charge in [0.2, 0.25) is 0 Å². The molecule has 0 aliphatic carbocycles. The van der Waals surface area contributed by atoms with E-state index < -0.39 is 5.82 Å². The normalized spacial score (nSPS) is 18.1. The monoisotopic (exact) mass is 433 g/mol. The third-order valence-corrected chi connectivity index (χ3v) is 7.27. The summed E-state index contributed by atoms with van der Waals surface area (Å²) in [5, 5.41) is 3.23. The smallest absolute Gasteiger partial charge is 0.321 e. The van der Waals surface area contributed by atoms with Gasteiger partial charge < -0.3 is 15.1 Å². The molecule has 4 rings (SSSR count). The highest BCUT2D eigenvalue weighted by Gasteiger charge is 2.47. The van der Waals surface area contributed by atoms with E-state index in [9.17, 15) is 14.0 Å². The molecule has 0 saturated carbocycles. The van der Waals surface area contributed by atoms with E-state index in [2.05, 4.69) is 5.32 Å². The van der Waals surface area contributed by atoms with Crippen LogP contribution in [-0.4, -0.2) is 52.0 Å². The van der Waals surface area contributed by atoms with Crippen molar-refractivity contribution in [2.45, 2.75) is 17.7 Å². The molecule has 8 heteroatoms. The number of anilines is 1. The summed E-state index contributed by atoms with van der Waals surface area (Å²) in [5.74, 6) is 0.414. The van der Waals surface area contributed by atoms with Crippen LogP contribution in [0.1, 0.15) is 23.2 Å². The highest BCUT2D eigenvalue weighted by Crippen LogP contribution is 2.44. The second-order valence-corrected chi connectivity index (χ2v) is 9.05. The molecular formula is C21H21ClFN3O2S. The van der Waals surface area contributed by atoms with E-state index in [4.69, 9.17) is 11.6 Å². The Hall–Kier alpha value is -2.25. The predicted molar refractivity (Wildman–Crippen MR) is 114 cm³/mol. The van der Waals surface area contributed by atoms with Crippen molar-refractivity contribution in [2.24, 2.45) is 0 Å². The number of hydrogen-bond acceptors (Lipinski definition) is 3. The molecule has 2 saturated heterocycles. The van der Waals surface area contributed by atoms with E-state index in [0.717, 1.165) is 5.75 Å². The first-order valence-corrected chi connectivity index (χ1v) is 10.9. The molecule has 0 radical (unpaired) electrons. The molecule has 3 amide bonds. The maximum absolute atomic E-state index is 13.8. The largest absolute Gasteiger partial charge is 0.324 e. The van der Waals surface area contributed by atoms with Crippen LogP contribution in [-0.2, 0) is 0 Å². The SMILES string of the molecule is O=C(Nc1ccccc1F)N1CCC2(CC1)SCCN2C(=O)c1ccc(Cl)cc1. The van der Waals surface area contributed by atoms with Crippen molar-refractivity contribution >= 4 is 41.0 Å². The number of thioether (sulfide) groups is 1. The van der Waals surface area contributed by atoms with Gasteiger partial charge in [0.25, 0.3) is 5.91 Å². The number of carbonyl (C=O) groups is 2. The molecule has 152 valence electrons. The van der Waals surface area contributed by atoms with Crippen molar-refractivity contribution in [2.75, 3.05) is 30.7 Å². The molecule has 1 N–H and O–H groups in total. The number of piperidine rings is 1. The summed E-state index contributed by atoms with van der Waals surface area (Å²) in [6, 6.07) is 12.7. The molecule has 2 heterocycles. The molecule has 0 atom stereocenters. The average molecular weight is 434 g/mol. The lowest BCUT2D eigenvalue weighted by atomic mass is 10.0. The Kier molecular flexibility index (Phi) is 5.69. The summed E-state index contributed by atoms with van der Waals surface area (Å²) in [4.78, 5) is 28.9. The molecule has 2 fully saturated rings. The van der Waals surface area contributed by atoms with E-state index in [1.807, 2.05) is 4.90 Å². The number of amides is 3. The van der Waals surface area contributed by atoms with E-state index in [1.165, 1.54) is 12.1 Å². The molecule has 0 unspecified atom stereocenters. The lowest BCUT2D eigenvalue weighted by molar-refractivity contribution is 0.0585. The minimum atomic E-state index is -0.458. The summed E-state index contributed by atoms with van der Waals surface area (Å²) < 4.78 is 13.8. The van der Waals surface area contributed by atoms with Gasteiger partial charge in [-0.1, -0.05) is 23.7 Å². The van der Waals surface area contributed by atoms with Crippen LogP contribution in [0.3, 0.4) is 0 Å². The molecular weight excluding hydrogens is 413 g/mol. The first kappa shape index (κ1) is 20.0. The molecule has 0 aromatic heterocycles. The predicted octanol–water partition coefficient (Wildman–Crippen LogP) is 4.69. The molecule has 1 spiro atoms. The highest BCUT2D eigenvalue weighted by atomic mass is 35.5. The van der Waals surface area contributed by atoms with Gasteiger partial charge in [0.15, 0.2) is 0 Å². The Morgan fingerprint density at radius 3 is 2.41 bits per heavy atom. The first-order valence-electron chi connectivity index (χ1n) is 9.50. The Balaban J connectivity index is 1.42. The summed E-state index contributed by atoms with van der Waals surface area (Å²) in [5.41, 5.74) is 0.795. The zero-order valence-electron chi connectivity index (χ0n) is 15.7. The second-order valence-electron chi connectivity index (χ2n) is 7.16. The van der Waals surface area contributed by atoms with Crippen LogP contribution >= 0.6 is 23.4 Å². The van der Waals surface area contributed by atoms with Gasteiger partial charge in [-0.2, -0.15) is 0 Å². The molecule has 2 aliphatic rings. The van der Waals surface area contributed by atoms with Gasteiger partial charge in [-0.3, -0.25) is 4.79 Å². The number of hydrogen-bond donors (Lipinski definition) is 1. The number of urea groups is 1. The number of rotatable bonds is 2. The molecule has 2 aliphatic heterocycles. The minimum absolute atomic E-state index is 0.00377. The lowest BCUT2D eigenvalue weighted by Crippen LogP contribution is -2.54. The summed E-state index contributed by atoms with van der Waals surface area (Å²) in [6.45, 7) is 1.71. The topological polar surface area (TPSA) is 52.7 Å². The van der Waals surface area contributed by atoms with Crippen molar-refractivity contribution in [3.8, 4) is 0 Å². The van der Waals surface area contributed by atoms with Crippen LogP contribution in [0.5, 0.6) is 0 Å². The number of carbonyl (C=O) groups excluding carboxylic acids is 2. The van der Waals surface area contributed by atoms with Crippen LogP contribution in [0.2, 0.25) is 5.02 Å². The van der Waals surface area contributed by atoms with E-state index in [0.29, 0.717) is 43.1 Å². The number of nitrogens with one attached hydrogen (secondary N) is 1. The summed E-state index contributed by atoms with van der Waals surface area (Å²) in [7, 11) is 0. The van der Waals surface area contributed by atoms with E-state index >= 15 is 0 Å². The van der Waals surface area contributed by atoms with Crippen molar-refractivity contribution in [1.29, 1.82) is 0 Å². The van der Waals surface area contributed by atoms with Gasteiger partial charge in [-0.05, 0) is 49.2 Å². The molecule has 5 nitrogen and oxygen atoms in total.